The fraction of sp³-hybridized carbons (Fsp3) is 0.0909. The Balaban J connectivity index is 2.22. The molecule has 0 atom stereocenters. The molecule has 0 bridgehead atoms. The third-order valence-corrected chi connectivity index (χ3v) is 3.06. The van der Waals surface area contributed by atoms with E-state index in [1.165, 1.54) is 23.7 Å². The minimum atomic E-state index is -1.06. The largest absolute Gasteiger partial charge is 0.478 e. The van der Waals surface area contributed by atoms with Gasteiger partial charge >= 0.3 is 5.97 Å². The van der Waals surface area contributed by atoms with Gasteiger partial charge in [0.05, 0.1) is 17.4 Å². The second-order valence-electron chi connectivity index (χ2n) is 3.31. The first kappa shape index (κ1) is 11.4. The molecule has 5 nitrogen and oxygen atoms in total. The molecule has 2 aromatic rings. The van der Waals surface area contributed by atoms with Crippen molar-refractivity contribution in [1.82, 2.24) is 0 Å². The monoisotopic (exact) mass is 251 g/mol. The molecule has 0 aliphatic carbocycles. The van der Waals surface area contributed by atoms with Crippen LogP contribution >= 0.6 is 11.3 Å². The Morgan fingerprint density at radius 3 is 2.71 bits per heavy atom. The summed E-state index contributed by atoms with van der Waals surface area (Å²) >= 11 is 1.17. The summed E-state index contributed by atoms with van der Waals surface area (Å²) < 4.78 is 5.01. The highest BCUT2D eigenvalue weighted by Gasteiger charge is 2.16. The fourth-order valence-corrected chi connectivity index (χ4v) is 2.14. The first-order chi connectivity index (χ1) is 8.09. The highest BCUT2D eigenvalue weighted by atomic mass is 32.1. The summed E-state index contributed by atoms with van der Waals surface area (Å²) in [5, 5.41) is 13.4. The van der Waals surface area contributed by atoms with Crippen molar-refractivity contribution >= 4 is 28.2 Å². The minimum Gasteiger partial charge on any atom is -0.478 e. The van der Waals surface area contributed by atoms with Gasteiger partial charge < -0.3 is 14.8 Å². The van der Waals surface area contributed by atoms with E-state index in [1.807, 2.05) is 0 Å². The van der Waals surface area contributed by atoms with E-state index in [-0.39, 0.29) is 11.5 Å². The third kappa shape index (κ3) is 2.21. The number of carboxylic acids is 1. The van der Waals surface area contributed by atoms with Crippen LogP contribution in [-0.4, -0.2) is 17.0 Å². The molecule has 0 radical (unpaired) electrons. The van der Waals surface area contributed by atoms with Crippen molar-refractivity contribution in [1.29, 1.82) is 0 Å². The van der Waals surface area contributed by atoms with Gasteiger partial charge in [0, 0.05) is 0 Å². The Morgan fingerprint density at radius 2 is 2.12 bits per heavy atom. The number of thiophene rings is 1. The number of furan rings is 1. The molecule has 0 aromatic carbocycles. The zero-order valence-corrected chi connectivity index (χ0v) is 9.71. The van der Waals surface area contributed by atoms with E-state index in [4.69, 9.17) is 9.52 Å². The molecule has 0 aliphatic rings. The second-order valence-corrected chi connectivity index (χ2v) is 4.23. The Bertz CT molecular complexity index is 570. The minimum absolute atomic E-state index is 0.0875. The number of hydrogen-bond acceptors (Lipinski definition) is 4. The number of rotatable bonds is 3. The van der Waals surface area contributed by atoms with Crippen molar-refractivity contribution < 1.29 is 19.1 Å². The standard InChI is InChI=1S/C11H9NO4S/c1-6-7(2-4-16-6)9(13)12-10-8(11(14)15)3-5-17-10/h2-5H,1H3,(H,12,13)(H,14,15). The van der Waals surface area contributed by atoms with Gasteiger partial charge in [-0.05, 0) is 24.4 Å². The average molecular weight is 251 g/mol. The number of carbonyl (C=O) groups is 2. The first-order valence-corrected chi connectivity index (χ1v) is 5.64. The molecule has 17 heavy (non-hydrogen) atoms. The molecular formula is C11H9NO4S. The van der Waals surface area contributed by atoms with E-state index in [0.29, 0.717) is 16.3 Å². The van der Waals surface area contributed by atoms with Crippen LogP contribution in [0.4, 0.5) is 5.00 Å². The van der Waals surface area contributed by atoms with Gasteiger partial charge in [-0.3, -0.25) is 4.79 Å². The maximum atomic E-state index is 11.8. The molecule has 2 aromatic heterocycles. The number of anilines is 1. The van der Waals surface area contributed by atoms with Crippen LogP contribution in [0.5, 0.6) is 0 Å². The van der Waals surface area contributed by atoms with E-state index in [0.717, 1.165) is 0 Å². The molecule has 88 valence electrons. The Morgan fingerprint density at radius 1 is 1.35 bits per heavy atom. The number of nitrogens with one attached hydrogen (secondary N) is 1. The third-order valence-electron chi connectivity index (χ3n) is 2.23. The van der Waals surface area contributed by atoms with Gasteiger partial charge in [-0.15, -0.1) is 11.3 Å². The summed E-state index contributed by atoms with van der Waals surface area (Å²) in [6.45, 7) is 1.67. The summed E-state index contributed by atoms with van der Waals surface area (Å²) in [6, 6.07) is 2.99. The number of amides is 1. The topological polar surface area (TPSA) is 79.5 Å². The van der Waals surface area contributed by atoms with E-state index in [2.05, 4.69) is 5.32 Å². The Hall–Kier alpha value is -2.08. The molecule has 2 N–H and O–H groups in total. The van der Waals surface area contributed by atoms with Gasteiger partial charge in [0.15, 0.2) is 0 Å². The number of aromatic carboxylic acids is 1. The van der Waals surface area contributed by atoms with Crippen molar-refractivity contribution in [2.75, 3.05) is 5.32 Å². The molecule has 0 fully saturated rings. The van der Waals surface area contributed by atoms with Crippen molar-refractivity contribution in [3.05, 3.63) is 40.7 Å². The van der Waals surface area contributed by atoms with Crippen LogP contribution in [0.3, 0.4) is 0 Å². The van der Waals surface area contributed by atoms with E-state index in [1.54, 1.807) is 18.4 Å². The highest BCUT2D eigenvalue weighted by molar-refractivity contribution is 7.14. The van der Waals surface area contributed by atoms with Gasteiger partial charge in [0.2, 0.25) is 0 Å². The van der Waals surface area contributed by atoms with Crippen LogP contribution in [0.15, 0.2) is 28.2 Å². The van der Waals surface area contributed by atoms with Crippen LogP contribution in [0.2, 0.25) is 0 Å². The predicted molar refractivity (Wildman–Crippen MR) is 62.7 cm³/mol. The Labute approximate surface area is 101 Å². The van der Waals surface area contributed by atoms with Crippen molar-refractivity contribution in [3.8, 4) is 0 Å². The molecular weight excluding hydrogens is 242 g/mol. The lowest BCUT2D eigenvalue weighted by Gasteiger charge is -2.02. The summed E-state index contributed by atoms with van der Waals surface area (Å²) in [5.41, 5.74) is 0.485. The molecule has 6 heteroatoms. The van der Waals surface area contributed by atoms with Crippen LogP contribution in [-0.2, 0) is 0 Å². The quantitative estimate of drug-likeness (QED) is 0.878. The van der Waals surface area contributed by atoms with E-state index in [9.17, 15) is 9.59 Å². The fourth-order valence-electron chi connectivity index (χ4n) is 1.37. The van der Waals surface area contributed by atoms with Gasteiger partial charge in [0.1, 0.15) is 10.8 Å². The summed E-state index contributed by atoms with van der Waals surface area (Å²) in [4.78, 5) is 22.7. The number of carbonyl (C=O) groups excluding carboxylic acids is 1. The molecule has 0 unspecified atom stereocenters. The SMILES string of the molecule is Cc1occc1C(=O)Nc1sccc1C(=O)O. The maximum Gasteiger partial charge on any atom is 0.338 e. The van der Waals surface area contributed by atoms with Crippen LogP contribution in [0.25, 0.3) is 0 Å². The normalized spacial score (nSPS) is 10.2. The lowest BCUT2D eigenvalue weighted by Crippen LogP contribution is -2.13. The van der Waals surface area contributed by atoms with Gasteiger partial charge in [-0.25, -0.2) is 4.79 Å². The lowest BCUT2D eigenvalue weighted by atomic mass is 10.2. The highest BCUT2D eigenvalue weighted by Crippen LogP contribution is 2.24. The van der Waals surface area contributed by atoms with Crippen LogP contribution in [0, 0.1) is 6.92 Å². The van der Waals surface area contributed by atoms with Gasteiger partial charge in [0.25, 0.3) is 5.91 Å². The average Bonchev–Trinajstić information content (AvgIpc) is 2.86. The van der Waals surface area contributed by atoms with Gasteiger partial charge in [-0.2, -0.15) is 0 Å². The second kappa shape index (κ2) is 4.42. The van der Waals surface area contributed by atoms with Crippen LogP contribution in [0.1, 0.15) is 26.5 Å². The molecule has 0 saturated carbocycles. The summed E-state index contributed by atoms with van der Waals surface area (Å²) in [7, 11) is 0. The summed E-state index contributed by atoms with van der Waals surface area (Å²) in [5.74, 6) is -0.942. The molecule has 2 heterocycles. The lowest BCUT2D eigenvalue weighted by molar-refractivity contribution is 0.0698. The van der Waals surface area contributed by atoms with Crippen LogP contribution < -0.4 is 5.32 Å². The molecule has 1 amide bonds. The van der Waals surface area contributed by atoms with Crippen molar-refractivity contribution in [2.24, 2.45) is 0 Å². The molecule has 2 rings (SSSR count). The molecule has 0 saturated heterocycles. The van der Waals surface area contributed by atoms with E-state index < -0.39 is 5.97 Å². The van der Waals surface area contributed by atoms with E-state index >= 15 is 0 Å². The Kier molecular flexibility index (Phi) is 2.97. The van der Waals surface area contributed by atoms with Gasteiger partial charge in [-0.1, -0.05) is 0 Å². The smallest absolute Gasteiger partial charge is 0.338 e. The first-order valence-electron chi connectivity index (χ1n) is 4.76. The number of carboxylic acid groups (broad SMARTS) is 1. The zero-order chi connectivity index (χ0) is 12.4. The summed E-state index contributed by atoms with van der Waals surface area (Å²) in [6.07, 6.45) is 1.41. The molecule has 0 spiro atoms. The number of hydrogen-bond donors (Lipinski definition) is 2. The number of aryl methyl sites for hydroxylation is 1. The predicted octanol–water partition coefficient (Wildman–Crippen LogP) is 2.60. The van der Waals surface area contributed by atoms with Crippen molar-refractivity contribution in [2.45, 2.75) is 6.92 Å². The molecule has 0 aliphatic heterocycles. The maximum absolute atomic E-state index is 11.8. The van der Waals surface area contributed by atoms with Crippen molar-refractivity contribution in [3.63, 3.8) is 0 Å². The zero-order valence-electron chi connectivity index (χ0n) is 8.89.